The number of nitrogens with zero attached hydrogens (tertiary/aromatic N) is 3. The zero-order chi connectivity index (χ0) is 10.7. The van der Waals surface area contributed by atoms with Crippen LogP contribution in [0, 0.1) is 0 Å². The van der Waals surface area contributed by atoms with Gasteiger partial charge in [0.05, 0.1) is 5.69 Å². The van der Waals surface area contributed by atoms with Crippen molar-refractivity contribution in [1.29, 1.82) is 0 Å². The zero-order valence-electron chi connectivity index (χ0n) is 8.42. The van der Waals surface area contributed by atoms with Crippen LogP contribution in [0.4, 0.5) is 0 Å². The lowest BCUT2D eigenvalue weighted by molar-refractivity contribution is -0.116. The molecule has 0 aliphatic rings. The monoisotopic (exact) mass is 201 g/mol. The van der Waals surface area contributed by atoms with E-state index >= 15 is 0 Å². The molecule has 0 amide bonds. The average molecular weight is 201 g/mol. The van der Waals surface area contributed by atoms with Crippen molar-refractivity contribution in [2.75, 3.05) is 0 Å². The summed E-state index contributed by atoms with van der Waals surface area (Å²) in [6.45, 7) is 1.59. The van der Waals surface area contributed by atoms with Crippen LogP contribution in [-0.2, 0) is 11.2 Å². The summed E-state index contributed by atoms with van der Waals surface area (Å²) in [6, 6.07) is 7.71. The standard InChI is InChI=1S/C11H11N3O/c1-9(15)6-10-2-4-11(5-3-10)14-8-12-7-13-14/h2-5,7-8H,6H2,1H3. The highest BCUT2D eigenvalue weighted by molar-refractivity contribution is 5.78. The number of carbonyl (C=O) groups is 1. The Hall–Kier alpha value is -1.97. The van der Waals surface area contributed by atoms with Crippen molar-refractivity contribution in [3.63, 3.8) is 0 Å². The minimum atomic E-state index is 0.170. The molecule has 1 heterocycles. The largest absolute Gasteiger partial charge is 0.300 e. The maximum Gasteiger partial charge on any atom is 0.138 e. The highest BCUT2D eigenvalue weighted by Gasteiger charge is 1.99. The zero-order valence-corrected chi connectivity index (χ0v) is 8.42. The van der Waals surface area contributed by atoms with Crippen molar-refractivity contribution in [1.82, 2.24) is 14.8 Å². The van der Waals surface area contributed by atoms with Crippen LogP contribution in [-0.4, -0.2) is 20.5 Å². The van der Waals surface area contributed by atoms with Gasteiger partial charge in [0.2, 0.25) is 0 Å². The van der Waals surface area contributed by atoms with E-state index in [1.807, 2.05) is 24.3 Å². The fourth-order valence-corrected chi connectivity index (χ4v) is 1.40. The smallest absolute Gasteiger partial charge is 0.138 e. The van der Waals surface area contributed by atoms with Gasteiger partial charge in [-0.3, -0.25) is 4.79 Å². The molecule has 0 radical (unpaired) electrons. The van der Waals surface area contributed by atoms with E-state index in [0.29, 0.717) is 6.42 Å². The first-order valence-corrected chi connectivity index (χ1v) is 4.69. The number of benzene rings is 1. The number of carbonyl (C=O) groups excluding carboxylic acids is 1. The molecular formula is C11H11N3O. The Morgan fingerprint density at radius 3 is 2.60 bits per heavy atom. The van der Waals surface area contributed by atoms with Gasteiger partial charge in [-0.15, -0.1) is 0 Å². The molecule has 0 spiro atoms. The molecule has 0 bridgehead atoms. The third kappa shape index (κ3) is 2.28. The second kappa shape index (κ2) is 4.04. The predicted octanol–water partition coefficient (Wildman–Crippen LogP) is 1.40. The average Bonchev–Trinajstić information content (AvgIpc) is 2.71. The van der Waals surface area contributed by atoms with Crippen molar-refractivity contribution in [2.45, 2.75) is 13.3 Å². The van der Waals surface area contributed by atoms with Gasteiger partial charge in [-0.05, 0) is 24.6 Å². The van der Waals surface area contributed by atoms with E-state index in [2.05, 4.69) is 10.1 Å². The molecule has 0 unspecified atom stereocenters. The van der Waals surface area contributed by atoms with Gasteiger partial charge >= 0.3 is 0 Å². The van der Waals surface area contributed by atoms with Crippen LogP contribution in [0.2, 0.25) is 0 Å². The first kappa shape index (κ1) is 9.58. The molecule has 4 nitrogen and oxygen atoms in total. The van der Waals surface area contributed by atoms with Gasteiger partial charge in [-0.1, -0.05) is 12.1 Å². The van der Waals surface area contributed by atoms with E-state index in [1.54, 1.807) is 17.9 Å². The molecule has 1 aromatic heterocycles. The summed E-state index contributed by atoms with van der Waals surface area (Å²) in [7, 11) is 0. The molecule has 1 aromatic carbocycles. The number of aromatic nitrogens is 3. The van der Waals surface area contributed by atoms with E-state index in [0.717, 1.165) is 11.3 Å². The fraction of sp³-hybridized carbons (Fsp3) is 0.182. The highest BCUT2D eigenvalue weighted by Crippen LogP contribution is 2.08. The normalized spacial score (nSPS) is 10.2. The first-order chi connectivity index (χ1) is 7.25. The molecule has 0 fully saturated rings. The van der Waals surface area contributed by atoms with E-state index in [9.17, 15) is 4.79 Å². The summed E-state index contributed by atoms with van der Waals surface area (Å²) in [4.78, 5) is 14.8. The Balaban J connectivity index is 2.21. The summed E-state index contributed by atoms with van der Waals surface area (Å²) < 4.78 is 1.68. The third-order valence-electron chi connectivity index (χ3n) is 2.07. The van der Waals surface area contributed by atoms with E-state index in [-0.39, 0.29) is 5.78 Å². The Labute approximate surface area is 87.6 Å². The number of hydrogen-bond acceptors (Lipinski definition) is 3. The summed E-state index contributed by atoms with van der Waals surface area (Å²) >= 11 is 0. The van der Waals surface area contributed by atoms with Gasteiger partial charge in [0.25, 0.3) is 0 Å². The molecule has 76 valence electrons. The van der Waals surface area contributed by atoms with Crippen LogP contribution in [0.3, 0.4) is 0 Å². The second-order valence-corrected chi connectivity index (χ2v) is 3.39. The van der Waals surface area contributed by atoms with Crippen LogP contribution in [0.1, 0.15) is 12.5 Å². The number of hydrogen-bond donors (Lipinski definition) is 0. The van der Waals surface area contributed by atoms with Gasteiger partial charge in [0.1, 0.15) is 18.4 Å². The summed E-state index contributed by atoms with van der Waals surface area (Å²) in [5.41, 5.74) is 1.96. The fourth-order valence-electron chi connectivity index (χ4n) is 1.40. The molecule has 2 rings (SSSR count). The molecular weight excluding hydrogens is 190 g/mol. The number of ketones is 1. The van der Waals surface area contributed by atoms with Crippen LogP contribution >= 0.6 is 0 Å². The molecule has 0 aliphatic heterocycles. The Kier molecular flexibility index (Phi) is 2.58. The molecule has 0 saturated carbocycles. The molecule has 0 N–H and O–H groups in total. The van der Waals surface area contributed by atoms with Crippen molar-refractivity contribution in [3.05, 3.63) is 42.5 Å². The quantitative estimate of drug-likeness (QED) is 0.754. The topological polar surface area (TPSA) is 47.8 Å². The van der Waals surface area contributed by atoms with Crippen molar-refractivity contribution in [3.8, 4) is 5.69 Å². The lowest BCUT2D eigenvalue weighted by Gasteiger charge is -2.01. The van der Waals surface area contributed by atoms with Crippen molar-refractivity contribution < 1.29 is 4.79 Å². The summed E-state index contributed by atoms with van der Waals surface area (Å²) in [5.74, 6) is 0.170. The maximum atomic E-state index is 10.9. The van der Waals surface area contributed by atoms with E-state index in [1.165, 1.54) is 6.33 Å². The van der Waals surface area contributed by atoms with Gasteiger partial charge < -0.3 is 0 Å². The van der Waals surface area contributed by atoms with E-state index in [4.69, 9.17) is 0 Å². The lowest BCUT2D eigenvalue weighted by atomic mass is 10.1. The second-order valence-electron chi connectivity index (χ2n) is 3.39. The molecule has 15 heavy (non-hydrogen) atoms. The van der Waals surface area contributed by atoms with Gasteiger partial charge in [-0.25, -0.2) is 9.67 Å². The van der Waals surface area contributed by atoms with Crippen molar-refractivity contribution >= 4 is 5.78 Å². The lowest BCUT2D eigenvalue weighted by Crippen LogP contribution is -1.98. The van der Waals surface area contributed by atoms with Crippen LogP contribution in [0.5, 0.6) is 0 Å². The predicted molar refractivity (Wildman–Crippen MR) is 55.7 cm³/mol. The minimum absolute atomic E-state index is 0.170. The molecule has 0 aliphatic carbocycles. The van der Waals surface area contributed by atoms with Gasteiger partial charge in [0, 0.05) is 6.42 Å². The molecule has 4 heteroatoms. The molecule has 0 atom stereocenters. The third-order valence-corrected chi connectivity index (χ3v) is 2.07. The Morgan fingerprint density at radius 1 is 1.33 bits per heavy atom. The SMILES string of the molecule is CC(=O)Cc1ccc(-n2cncn2)cc1. The van der Waals surface area contributed by atoms with Crippen LogP contribution in [0.25, 0.3) is 5.69 Å². The minimum Gasteiger partial charge on any atom is -0.300 e. The van der Waals surface area contributed by atoms with Crippen LogP contribution in [0.15, 0.2) is 36.9 Å². The van der Waals surface area contributed by atoms with Gasteiger partial charge in [-0.2, -0.15) is 5.10 Å². The number of Topliss-reactive ketones (excluding diaryl/α,β-unsaturated/α-hetero) is 1. The van der Waals surface area contributed by atoms with Gasteiger partial charge in [0.15, 0.2) is 0 Å². The number of rotatable bonds is 3. The van der Waals surface area contributed by atoms with E-state index < -0.39 is 0 Å². The highest BCUT2D eigenvalue weighted by atomic mass is 16.1. The molecule has 2 aromatic rings. The Bertz CT molecular complexity index is 445. The maximum absolute atomic E-state index is 10.9. The first-order valence-electron chi connectivity index (χ1n) is 4.69. The summed E-state index contributed by atoms with van der Waals surface area (Å²) in [6.07, 6.45) is 3.61. The Morgan fingerprint density at radius 2 is 2.07 bits per heavy atom. The van der Waals surface area contributed by atoms with Crippen LogP contribution < -0.4 is 0 Å². The summed E-state index contributed by atoms with van der Waals surface area (Å²) in [5, 5.41) is 4.02. The molecule has 0 saturated heterocycles. The van der Waals surface area contributed by atoms with Crippen molar-refractivity contribution in [2.24, 2.45) is 0 Å².